The molecule has 1 heterocycles. The summed E-state index contributed by atoms with van der Waals surface area (Å²) in [6.07, 6.45) is 6.02. The van der Waals surface area contributed by atoms with Gasteiger partial charge in [-0.1, -0.05) is 13.3 Å². The summed E-state index contributed by atoms with van der Waals surface area (Å²) >= 11 is 0. The second kappa shape index (κ2) is 4.26. The Labute approximate surface area is 73.6 Å². The van der Waals surface area contributed by atoms with E-state index in [1.165, 1.54) is 0 Å². The molecule has 0 radical (unpaired) electrons. The van der Waals surface area contributed by atoms with E-state index in [2.05, 4.69) is 16.5 Å². The summed E-state index contributed by atoms with van der Waals surface area (Å²) in [4.78, 5) is 4.14. The van der Waals surface area contributed by atoms with Gasteiger partial charge in [-0.05, 0) is 13.3 Å². The average molecular weight is 167 g/mol. The molecular weight excluding hydrogens is 150 g/mol. The summed E-state index contributed by atoms with van der Waals surface area (Å²) in [7, 11) is 0. The van der Waals surface area contributed by atoms with Crippen LogP contribution in [0.3, 0.4) is 0 Å². The highest BCUT2D eigenvalue weighted by Gasteiger charge is 2.03. The van der Waals surface area contributed by atoms with Crippen molar-refractivity contribution in [1.82, 2.24) is 9.55 Å². The van der Waals surface area contributed by atoms with Crippen LogP contribution < -0.4 is 5.73 Å². The number of nitrogens with zero attached hydrogens (tertiary/aromatic N) is 2. The minimum Gasteiger partial charge on any atom is -0.334 e. The van der Waals surface area contributed by atoms with Gasteiger partial charge in [0.15, 0.2) is 0 Å². The number of aromatic nitrogens is 2. The molecule has 3 heteroatoms. The Morgan fingerprint density at radius 3 is 2.92 bits per heavy atom. The van der Waals surface area contributed by atoms with E-state index < -0.39 is 0 Å². The van der Waals surface area contributed by atoms with Crippen molar-refractivity contribution in [3.8, 4) is 0 Å². The molecule has 12 heavy (non-hydrogen) atoms. The molecule has 2 N–H and O–H groups in total. The summed E-state index contributed by atoms with van der Waals surface area (Å²) < 4.78 is 2.10. The molecule has 0 aliphatic carbocycles. The molecular formula is C9H17N3. The van der Waals surface area contributed by atoms with Gasteiger partial charge in [-0.2, -0.15) is 0 Å². The van der Waals surface area contributed by atoms with Crippen LogP contribution in [-0.4, -0.2) is 15.6 Å². The Hall–Kier alpha value is -0.830. The van der Waals surface area contributed by atoms with Crippen molar-refractivity contribution < 1.29 is 0 Å². The molecule has 68 valence electrons. The number of aryl methyl sites for hydroxylation is 1. The van der Waals surface area contributed by atoms with Crippen LogP contribution in [0.4, 0.5) is 0 Å². The number of nitrogens with two attached hydrogens (primary N) is 1. The van der Waals surface area contributed by atoms with Crippen LogP contribution in [0.2, 0.25) is 0 Å². The summed E-state index contributed by atoms with van der Waals surface area (Å²) in [6.45, 7) is 5.04. The number of hydrogen-bond acceptors (Lipinski definition) is 2. The number of rotatable bonds is 4. The molecule has 1 rings (SSSR count). The lowest BCUT2D eigenvalue weighted by Gasteiger charge is -2.11. The molecule has 0 amide bonds. The first-order chi connectivity index (χ1) is 5.74. The van der Waals surface area contributed by atoms with E-state index in [9.17, 15) is 0 Å². The molecule has 0 fully saturated rings. The van der Waals surface area contributed by atoms with Gasteiger partial charge in [-0.15, -0.1) is 0 Å². The number of hydrogen-bond donors (Lipinski definition) is 1. The molecule has 0 aromatic carbocycles. The summed E-state index contributed by atoms with van der Waals surface area (Å²) in [5.74, 6) is 1.04. The highest BCUT2D eigenvalue weighted by atomic mass is 15.1. The van der Waals surface area contributed by atoms with Crippen LogP contribution in [0.15, 0.2) is 12.4 Å². The van der Waals surface area contributed by atoms with E-state index in [-0.39, 0.29) is 6.04 Å². The van der Waals surface area contributed by atoms with Crippen molar-refractivity contribution in [1.29, 1.82) is 0 Å². The van der Waals surface area contributed by atoms with Gasteiger partial charge in [-0.3, -0.25) is 0 Å². The van der Waals surface area contributed by atoms with Gasteiger partial charge in [0.25, 0.3) is 0 Å². The molecule has 0 bridgehead atoms. The Morgan fingerprint density at radius 2 is 2.42 bits per heavy atom. The number of imidazole rings is 1. The standard InChI is InChI=1S/C9H17N3/c1-3-4-9(10)7-12-6-5-11-8(12)2/h5-6,9H,3-4,7,10H2,1-2H3. The van der Waals surface area contributed by atoms with Gasteiger partial charge in [0.1, 0.15) is 5.82 Å². The predicted octanol–water partition coefficient (Wildman–Crippen LogP) is 1.32. The zero-order valence-electron chi connectivity index (χ0n) is 7.83. The first kappa shape index (κ1) is 9.26. The van der Waals surface area contributed by atoms with Crippen molar-refractivity contribution >= 4 is 0 Å². The third-order valence-corrected chi connectivity index (χ3v) is 2.01. The summed E-state index contributed by atoms with van der Waals surface area (Å²) in [5.41, 5.74) is 5.90. The zero-order valence-corrected chi connectivity index (χ0v) is 7.83. The molecule has 0 saturated heterocycles. The molecule has 1 atom stereocenters. The average Bonchev–Trinajstić information content (AvgIpc) is 2.37. The van der Waals surface area contributed by atoms with Gasteiger partial charge in [0, 0.05) is 25.0 Å². The monoisotopic (exact) mass is 167 g/mol. The van der Waals surface area contributed by atoms with Crippen molar-refractivity contribution in [3.05, 3.63) is 18.2 Å². The van der Waals surface area contributed by atoms with Gasteiger partial charge in [0.05, 0.1) is 0 Å². The maximum absolute atomic E-state index is 5.90. The van der Waals surface area contributed by atoms with E-state index in [4.69, 9.17) is 5.73 Å². The third-order valence-electron chi connectivity index (χ3n) is 2.01. The van der Waals surface area contributed by atoms with Crippen LogP contribution >= 0.6 is 0 Å². The fraction of sp³-hybridized carbons (Fsp3) is 0.667. The highest BCUT2D eigenvalue weighted by Crippen LogP contribution is 2.00. The molecule has 0 spiro atoms. The smallest absolute Gasteiger partial charge is 0.105 e. The Bertz CT molecular complexity index is 229. The van der Waals surface area contributed by atoms with E-state index in [0.29, 0.717) is 0 Å². The van der Waals surface area contributed by atoms with E-state index in [1.54, 1.807) is 0 Å². The quantitative estimate of drug-likeness (QED) is 0.735. The van der Waals surface area contributed by atoms with Crippen LogP contribution in [0, 0.1) is 6.92 Å². The molecule has 1 aromatic rings. The lowest BCUT2D eigenvalue weighted by Crippen LogP contribution is -2.26. The maximum Gasteiger partial charge on any atom is 0.105 e. The predicted molar refractivity (Wildman–Crippen MR) is 49.8 cm³/mol. The SMILES string of the molecule is CCCC(N)Cn1ccnc1C. The van der Waals surface area contributed by atoms with E-state index in [1.807, 2.05) is 19.3 Å². The van der Waals surface area contributed by atoms with Crippen LogP contribution in [0.1, 0.15) is 25.6 Å². The van der Waals surface area contributed by atoms with E-state index >= 15 is 0 Å². The first-order valence-corrected chi connectivity index (χ1v) is 4.47. The Morgan fingerprint density at radius 1 is 1.67 bits per heavy atom. The summed E-state index contributed by atoms with van der Waals surface area (Å²) in [6, 6.07) is 0.267. The molecule has 1 unspecified atom stereocenters. The lowest BCUT2D eigenvalue weighted by molar-refractivity contribution is 0.507. The van der Waals surface area contributed by atoms with Gasteiger partial charge in [0.2, 0.25) is 0 Å². The minimum atomic E-state index is 0.267. The van der Waals surface area contributed by atoms with Crippen molar-refractivity contribution in [2.45, 2.75) is 39.3 Å². The summed E-state index contributed by atoms with van der Waals surface area (Å²) in [5, 5.41) is 0. The second-order valence-corrected chi connectivity index (χ2v) is 3.18. The molecule has 3 nitrogen and oxygen atoms in total. The van der Waals surface area contributed by atoms with Crippen LogP contribution in [0.25, 0.3) is 0 Å². The second-order valence-electron chi connectivity index (χ2n) is 3.18. The van der Waals surface area contributed by atoms with Gasteiger partial charge >= 0.3 is 0 Å². The van der Waals surface area contributed by atoms with E-state index in [0.717, 1.165) is 25.2 Å². The maximum atomic E-state index is 5.90. The van der Waals surface area contributed by atoms with Crippen molar-refractivity contribution in [3.63, 3.8) is 0 Å². The molecule has 0 aliphatic heterocycles. The largest absolute Gasteiger partial charge is 0.334 e. The molecule has 1 aromatic heterocycles. The molecule has 0 aliphatic rings. The normalized spacial score (nSPS) is 13.2. The zero-order chi connectivity index (χ0) is 8.97. The third kappa shape index (κ3) is 2.34. The lowest BCUT2D eigenvalue weighted by atomic mass is 10.2. The highest BCUT2D eigenvalue weighted by molar-refractivity contribution is 4.89. The first-order valence-electron chi connectivity index (χ1n) is 4.47. The Balaban J connectivity index is 2.46. The fourth-order valence-electron chi connectivity index (χ4n) is 1.31. The van der Waals surface area contributed by atoms with Crippen molar-refractivity contribution in [2.24, 2.45) is 5.73 Å². The van der Waals surface area contributed by atoms with Crippen molar-refractivity contribution in [2.75, 3.05) is 0 Å². The Kier molecular flexibility index (Phi) is 3.29. The fourth-order valence-corrected chi connectivity index (χ4v) is 1.31. The van der Waals surface area contributed by atoms with Crippen LogP contribution in [-0.2, 0) is 6.54 Å². The van der Waals surface area contributed by atoms with Gasteiger partial charge < -0.3 is 10.3 Å². The van der Waals surface area contributed by atoms with Crippen LogP contribution in [0.5, 0.6) is 0 Å². The topological polar surface area (TPSA) is 43.8 Å². The minimum absolute atomic E-state index is 0.267. The van der Waals surface area contributed by atoms with Gasteiger partial charge in [-0.25, -0.2) is 4.98 Å². The molecule has 0 saturated carbocycles.